The lowest BCUT2D eigenvalue weighted by Crippen LogP contribution is -2.28. The molecule has 2 fully saturated rings. The zero-order valence-electron chi connectivity index (χ0n) is 17.1. The van der Waals surface area contributed by atoms with Crippen LogP contribution < -0.4 is 0 Å². The molecule has 0 saturated heterocycles. The van der Waals surface area contributed by atoms with Gasteiger partial charge in [-0.15, -0.1) is 0 Å². The summed E-state index contributed by atoms with van der Waals surface area (Å²) in [6.07, 6.45) is 14.0. The fourth-order valence-electron chi connectivity index (χ4n) is 4.91. The van der Waals surface area contributed by atoms with E-state index in [2.05, 4.69) is 13.8 Å². The molecule has 4 nitrogen and oxygen atoms in total. The van der Waals surface area contributed by atoms with Gasteiger partial charge in [-0.2, -0.15) is 0 Å². The van der Waals surface area contributed by atoms with Crippen LogP contribution in [0.4, 0.5) is 0 Å². The van der Waals surface area contributed by atoms with E-state index in [0.717, 1.165) is 6.42 Å². The summed E-state index contributed by atoms with van der Waals surface area (Å²) in [5, 5.41) is 17.7. The van der Waals surface area contributed by atoms with Gasteiger partial charge in [-0.05, 0) is 30.1 Å². The number of carboxylic acids is 2. The van der Waals surface area contributed by atoms with Gasteiger partial charge in [-0.3, -0.25) is 9.59 Å². The topological polar surface area (TPSA) is 74.6 Å². The number of carboxylic acid groups (broad SMARTS) is 2. The molecular weight excluding hydrogens is 328 g/mol. The molecule has 2 aliphatic carbocycles. The molecule has 2 aliphatic rings. The van der Waals surface area contributed by atoms with Gasteiger partial charge in [0.1, 0.15) is 0 Å². The van der Waals surface area contributed by atoms with Crippen LogP contribution in [0, 0.1) is 29.6 Å². The maximum absolute atomic E-state index is 11.0. The molecule has 2 rings (SSSR count). The van der Waals surface area contributed by atoms with E-state index in [1.54, 1.807) is 0 Å². The number of hydrogen-bond acceptors (Lipinski definition) is 2. The van der Waals surface area contributed by atoms with Crippen LogP contribution in [-0.2, 0) is 9.59 Å². The van der Waals surface area contributed by atoms with E-state index in [0.29, 0.717) is 30.1 Å². The Morgan fingerprint density at radius 2 is 1.31 bits per heavy atom. The number of carbonyl (C=O) groups is 2. The quantitative estimate of drug-likeness (QED) is 0.578. The molecule has 152 valence electrons. The second-order valence-corrected chi connectivity index (χ2v) is 8.58. The van der Waals surface area contributed by atoms with Gasteiger partial charge in [-0.1, -0.05) is 85.0 Å². The van der Waals surface area contributed by atoms with Crippen LogP contribution >= 0.6 is 0 Å². The molecule has 3 unspecified atom stereocenters. The van der Waals surface area contributed by atoms with Crippen molar-refractivity contribution in [3.05, 3.63) is 0 Å². The predicted octanol–water partition coefficient (Wildman–Crippen LogP) is 5.99. The maximum atomic E-state index is 11.0. The van der Waals surface area contributed by atoms with E-state index in [1.807, 2.05) is 6.92 Å². The van der Waals surface area contributed by atoms with Crippen molar-refractivity contribution in [3.8, 4) is 0 Å². The molecule has 0 aromatic heterocycles. The zero-order chi connectivity index (χ0) is 19.5. The molecule has 0 bridgehead atoms. The molecule has 0 aromatic rings. The SMILES string of the molecule is CC(CC(=O)O)C1CCCCC1.CCC(C(=O)O)C(C)C1CCCCC1. The van der Waals surface area contributed by atoms with Crippen molar-refractivity contribution in [1.29, 1.82) is 0 Å². The molecule has 0 radical (unpaired) electrons. The Labute approximate surface area is 159 Å². The Morgan fingerprint density at radius 3 is 1.69 bits per heavy atom. The van der Waals surface area contributed by atoms with Gasteiger partial charge in [0.25, 0.3) is 0 Å². The minimum absolute atomic E-state index is 0.127. The third-order valence-electron chi connectivity index (χ3n) is 6.74. The Balaban J connectivity index is 0.000000263. The Bertz CT molecular complexity index is 408. The molecular formula is C22H40O4. The fraction of sp³-hybridized carbons (Fsp3) is 0.909. The lowest BCUT2D eigenvalue weighted by Gasteiger charge is -2.31. The largest absolute Gasteiger partial charge is 0.481 e. The number of hydrogen-bond donors (Lipinski definition) is 2. The molecule has 0 aromatic carbocycles. The van der Waals surface area contributed by atoms with Crippen LogP contribution in [0.1, 0.15) is 97.8 Å². The van der Waals surface area contributed by atoms with Crippen LogP contribution in [0.15, 0.2) is 0 Å². The minimum Gasteiger partial charge on any atom is -0.481 e. The number of aliphatic carboxylic acids is 2. The van der Waals surface area contributed by atoms with E-state index >= 15 is 0 Å². The van der Waals surface area contributed by atoms with E-state index in [4.69, 9.17) is 10.2 Å². The summed E-state index contributed by atoms with van der Waals surface area (Å²) < 4.78 is 0. The van der Waals surface area contributed by atoms with Crippen LogP contribution in [0.3, 0.4) is 0 Å². The summed E-state index contributed by atoms with van der Waals surface area (Å²) in [6.45, 7) is 6.18. The second kappa shape index (κ2) is 12.3. The van der Waals surface area contributed by atoms with E-state index < -0.39 is 11.9 Å². The van der Waals surface area contributed by atoms with Gasteiger partial charge >= 0.3 is 11.9 Å². The van der Waals surface area contributed by atoms with Gasteiger partial charge in [-0.25, -0.2) is 0 Å². The monoisotopic (exact) mass is 368 g/mol. The predicted molar refractivity (Wildman–Crippen MR) is 105 cm³/mol. The maximum Gasteiger partial charge on any atom is 0.306 e. The highest BCUT2D eigenvalue weighted by Gasteiger charge is 2.30. The van der Waals surface area contributed by atoms with Crippen molar-refractivity contribution in [2.24, 2.45) is 29.6 Å². The summed E-state index contributed by atoms with van der Waals surface area (Å²) >= 11 is 0. The lowest BCUT2D eigenvalue weighted by atomic mass is 9.74. The first-order valence-electron chi connectivity index (χ1n) is 10.8. The second-order valence-electron chi connectivity index (χ2n) is 8.58. The molecule has 0 amide bonds. The highest BCUT2D eigenvalue weighted by molar-refractivity contribution is 5.70. The molecule has 0 heterocycles. The third-order valence-corrected chi connectivity index (χ3v) is 6.74. The highest BCUT2D eigenvalue weighted by atomic mass is 16.4. The van der Waals surface area contributed by atoms with Crippen molar-refractivity contribution >= 4 is 11.9 Å². The Kier molecular flexibility index (Phi) is 10.9. The van der Waals surface area contributed by atoms with Gasteiger partial charge in [0, 0.05) is 6.42 Å². The van der Waals surface area contributed by atoms with Crippen LogP contribution in [0.25, 0.3) is 0 Å². The van der Waals surface area contributed by atoms with Gasteiger partial charge in [0.05, 0.1) is 5.92 Å². The first-order chi connectivity index (χ1) is 12.4. The lowest BCUT2D eigenvalue weighted by molar-refractivity contribution is -0.144. The summed E-state index contributed by atoms with van der Waals surface area (Å²) in [5.74, 6) is 0.692. The fourth-order valence-corrected chi connectivity index (χ4v) is 4.91. The van der Waals surface area contributed by atoms with Gasteiger partial charge in [0.15, 0.2) is 0 Å². The Morgan fingerprint density at radius 1 is 0.846 bits per heavy atom. The van der Waals surface area contributed by atoms with Crippen LogP contribution in [0.5, 0.6) is 0 Å². The number of rotatable bonds is 7. The van der Waals surface area contributed by atoms with E-state index in [9.17, 15) is 9.59 Å². The van der Waals surface area contributed by atoms with Crippen molar-refractivity contribution in [2.75, 3.05) is 0 Å². The normalized spacial score (nSPS) is 22.6. The standard InChI is InChI=1S/C12H22O2.C10H18O2/c1-3-11(12(13)14)9(2)10-7-5-4-6-8-10;1-8(7-10(11)12)9-5-3-2-4-6-9/h9-11H,3-8H2,1-2H3,(H,13,14);8-9H,2-7H2,1H3,(H,11,12). The van der Waals surface area contributed by atoms with Crippen LogP contribution in [0.2, 0.25) is 0 Å². The van der Waals surface area contributed by atoms with E-state index in [1.165, 1.54) is 64.2 Å². The van der Waals surface area contributed by atoms with Crippen molar-refractivity contribution in [3.63, 3.8) is 0 Å². The zero-order valence-corrected chi connectivity index (χ0v) is 17.1. The third kappa shape index (κ3) is 8.09. The molecule has 26 heavy (non-hydrogen) atoms. The van der Waals surface area contributed by atoms with Gasteiger partial charge in [0.2, 0.25) is 0 Å². The minimum atomic E-state index is -0.645. The molecule has 4 heteroatoms. The average molecular weight is 369 g/mol. The molecule has 0 aliphatic heterocycles. The molecule has 2 saturated carbocycles. The first kappa shape index (κ1) is 23.0. The highest BCUT2D eigenvalue weighted by Crippen LogP contribution is 2.35. The summed E-state index contributed by atoms with van der Waals surface area (Å²) in [6, 6.07) is 0. The summed E-state index contributed by atoms with van der Waals surface area (Å²) in [4.78, 5) is 21.5. The van der Waals surface area contributed by atoms with Crippen LogP contribution in [-0.4, -0.2) is 22.2 Å². The summed E-state index contributed by atoms with van der Waals surface area (Å²) in [7, 11) is 0. The average Bonchev–Trinajstić information content (AvgIpc) is 2.63. The first-order valence-corrected chi connectivity index (χ1v) is 10.8. The smallest absolute Gasteiger partial charge is 0.306 e. The molecule has 0 spiro atoms. The van der Waals surface area contributed by atoms with E-state index in [-0.39, 0.29) is 5.92 Å². The van der Waals surface area contributed by atoms with Crippen molar-refractivity contribution in [2.45, 2.75) is 97.8 Å². The summed E-state index contributed by atoms with van der Waals surface area (Å²) in [5.41, 5.74) is 0. The molecule has 2 N–H and O–H groups in total. The van der Waals surface area contributed by atoms with Gasteiger partial charge < -0.3 is 10.2 Å². The van der Waals surface area contributed by atoms with Crippen molar-refractivity contribution in [1.82, 2.24) is 0 Å². The van der Waals surface area contributed by atoms with Crippen molar-refractivity contribution < 1.29 is 19.8 Å². The Hall–Kier alpha value is -1.06. The molecule has 3 atom stereocenters.